The number of carboxylic acids is 1. The zero-order valence-electron chi connectivity index (χ0n) is 11.1. The van der Waals surface area contributed by atoms with Crippen molar-refractivity contribution in [1.82, 2.24) is 10.2 Å². The summed E-state index contributed by atoms with van der Waals surface area (Å²) in [5.74, 6) is -0.789. The first-order chi connectivity index (χ1) is 8.46. The van der Waals surface area contributed by atoms with Gasteiger partial charge in [0.2, 0.25) is 0 Å². The van der Waals surface area contributed by atoms with Gasteiger partial charge in [-0.1, -0.05) is 0 Å². The highest BCUT2D eigenvalue weighted by atomic mass is 16.4. The zero-order valence-corrected chi connectivity index (χ0v) is 11.1. The van der Waals surface area contributed by atoms with Crippen molar-refractivity contribution in [2.45, 2.75) is 58.0 Å². The van der Waals surface area contributed by atoms with Gasteiger partial charge in [0.05, 0.1) is 5.41 Å². The summed E-state index contributed by atoms with van der Waals surface area (Å²) < 4.78 is 0. The maximum Gasteiger partial charge on any atom is 0.317 e. The molecule has 0 aromatic rings. The van der Waals surface area contributed by atoms with E-state index in [-0.39, 0.29) is 24.7 Å². The number of likely N-dealkylation sites (tertiary alicyclic amines) is 1. The molecule has 18 heavy (non-hydrogen) atoms. The molecule has 5 nitrogen and oxygen atoms in total. The Morgan fingerprint density at radius 3 is 2.28 bits per heavy atom. The number of rotatable bonds is 3. The topological polar surface area (TPSA) is 69.6 Å². The Bertz CT molecular complexity index is 342. The maximum absolute atomic E-state index is 12.1. The van der Waals surface area contributed by atoms with Gasteiger partial charge in [-0.3, -0.25) is 4.79 Å². The van der Waals surface area contributed by atoms with Crippen LogP contribution >= 0.6 is 0 Å². The van der Waals surface area contributed by atoms with Crippen molar-refractivity contribution < 1.29 is 14.7 Å². The number of carbonyl (C=O) groups is 2. The minimum atomic E-state index is -0.789. The molecule has 0 aromatic heterocycles. The van der Waals surface area contributed by atoms with E-state index in [9.17, 15) is 9.59 Å². The van der Waals surface area contributed by atoms with Gasteiger partial charge in [-0.05, 0) is 46.0 Å². The molecule has 1 saturated heterocycles. The van der Waals surface area contributed by atoms with E-state index in [1.54, 1.807) is 0 Å². The first-order valence-corrected chi connectivity index (χ1v) is 6.76. The van der Waals surface area contributed by atoms with Crippen LogP contribution in [0.3, 0.4) is 0 Å². The van der Waals surface area contributed by atoms with Crippen LogP contribution in [0.1, 0.15) is 46.0 Å². The zero-order chi connectivity index (χ0) is 13.3. The van der Waals surface area contributed by atoms with Gasteiger partial charge in [-0.15, -0.1) is 0 Å². The van der Waals surface area contributed by atoms with Crippen molar-refractivity contribution in [1.29, 1.82) is 0 Å². The molecule has 2 atom stereocenters. The second-order valence-electron chi connectivity index (χ2n) is 5.78. The van der Waals surface area contributed by atoms with Gasteiger partial charge in [0.1, 0.15) is 0 Å². The number of piperidine rings is 1. The lowest BCUT2D eigenvalue weighted by molar-refractivity contribution is -0.143. The van der Waals surface area contributed by atoms with Crippen LogP contribution in [0.5, 0.6) is 0 Å². The fourth-order valence-electron chi connectivity index (χ4n) is 2.77. The molecule has 0 radical (unpaired) electrons. The van der Waals surface area contributed by atoms with Crippen LogP contribution in [0, 0.1) is 5.41 Å². The van der Waals surface area contributed by atoms with Crippen molar-refractivity contribution in [2.24, 2.45) is 5.41 Å². The highest BCUT2D eigenvalue weighted by Gasteiger charge is 2.50. The van der Waals surface area contributed by atoms with Crippen molar-refractivity contribution in [3.63, 3.8) is 0 Å². The second-order valence-corrected chi connectivity index (χ2v) is 5.78. The number of hydrogen-bond donors (Lipinski definition) is 2. The Kier molecular flexibility index (Phi) is 3.50. The predicted molar refractivity (Wildman–Crippen MR) is 67.3 cm³/mol. The normalized spacial score (nSPS) is 29.8. The molecule has 0 spiro atoms. The smallest absolute Gasteiger partial charge is 0.317 e. The summed E-state index contributed by atoms with van der Waals surface area (Å²) in [5, 5.41) is 11.9. The quantitative estimate of drug-likeness (QED) is 0.807. The molecule has 2 rings (SSSR count). The SMILES string of the molecule is C[C@@H]1CCC[C@H](C)N1C(=O)NCC1(C(=O)O)CC1. The van der Waals surface area contributed by atoms with Crippen LogP contribution in [0.15, 0.2) is 0 Å². The summed E-state index contributed by atoms with van der Waals surface area (Å²) >= 11 is 0. The number of nitrogens with zero attached hydrogens (tertiary/aromatic N) is 1. The first kappa shape index (κ1) is 13.2. The average molecular weight is 254 g/mol. The number of carboxylic acid groups (broad SMARTS) is 1. The van der Waals surface area contributed by atoms with Crippen LogP contribution in [-0.4, -0.2) is 40.6 Å². The third kappa shape index (κ3) is 2.44. The van der Waals surface area contributed by atoms with E-state index in [2.05, 4.69) is 19.2 Å². The Balaban J connectivity index is 1.89. The lowest BCUT2D eigenvalue weighted by Gasteiger charge is -2.39. The van der Waals surface area contributed by atoms with Crippen LogP contribution in [0.4, 0.5) is 4.79 Å². The molecule has 2 aliphatic rings. The molecule has 5 heteroatoms. The minimum absolute atomic E-state index is 0.109. The fourth-order valence-corrected chi connectivity index (χ4v) is 2.77. The van der Waals surface area contributed by atoms with Crippen LogP contribution in [-0.2, 0) is 4.79 Å². The predicted octanol–water partition coefficient (Wildman–Crippen LogP) is 1.82. The Morgan fingerprint density at radius 1 is 1.28 bits per heavy atom. The Hall–Kier alpha value is -1.26. The third-order valence-electron chi connectivity index (χ3n) is 4.31. The van der Waals surface area contributed by atoms with E-state index in [4.69, 9.17) is 5.11 Å². The number of carbonyl (C=O) groups excluding carboxylic acids is 1. The summed E-state index contributed by atoms with van der Waals surface area (Å²) in [7, 11) is 0. The molecule has 2 amide bonds. The summed E-state index contributed by atoms with van der Waals surface area (Å²) in [4.78, 5) is 25.0. The molecule has 0 unspecified atom stereocenters. The Labute approximate surface area is 108 Å². The lowest BCUT2D eigenvalue weighted by atomic mass is 9.98. The number of hydrogen-bond acceptors (Lipinski definition) is 2. The van der Waals surface area contributed by atoms with Crippen molar-refractivity contribution in [2.75, 3.05) is 6.54 Å². The molecule has 1 saturated carbocycles. The van der Waals surface area contributed by atoms with Crippen LogP contribution in [0.2, 0.25) is 0 Å². The molecule has 1 aliphatic carbocycles. The van der Waals surface area contributed by atoms with E-state index >= 15 is 0 Å². The number of aliphatic carboxylic acids is 1. The minimum Gasteiger partial charge on any atom is -0.481 e. The van der Waals surface area contributed by atoms with Crippen molar-refractivity contribution >= 4 is 12.0 Å². The summed E-state index contributed by atoms with van der Waals surface area (Å²) in [6.07, 6.45) is 4.57. The van der Waals surface area contributed by atoms with Gasteiger partial charge >= 0.3 is 12.0 Å². The van der Waals surface area contributed by atoms with Gasteiger partial charge in [0, 0.05) is 18.6 Å². The molecule has 2 fully saturated rings. The van der Waals surface area contributed by atoms with E-state index in [1.807, 2.05) is 4.90 Å². The monoisotopic (exact) mass is 254 g/mol. The summed E-state index contributed by atoms with van der Waals surface area (Å²) in [6, 6.07) is 0.379. The molecule has 0 bridgehead atoms. The standard InChI is InChI=1S/C13H22N2O3/c1-9-4-3-5-10(2)15(9)12(18)14-8-13(6-7-13)11(16)17/h9-10H,3-8H2,1-2H3,(H,14,18)(H,16,17)/t9-,10+. The maximum atomic E-state index is 12.1. The first-order valence-electron chi connectivity index (χ1n) is 6.76. The van der Waals surface area contributed by atoms with E-state index in [0.29, 0.717) is 12.8 Å². The number of urea groups is 1. The van der Waals surface area contributed by atoms with E-state index in [0.717, 1.165) is 19.3 Å². The molecule has 1 heterocycles. The van der Waals surface area contributed by atoms with Crippen molar-refractivity contribution in [3.05, 3.63) is 0 Å². The average Bonchev–Trinajstić information content (AvgIpc) is 3.07. The third-order valence-corrected chi connectivity index (χ3v) is 4.31. The van der Waals surface area contributed by atoms with Gasteiger partial charge < -0.3 is 15.3 Å². The van der Waals surface area contributed by atoms with Crippen molar-refractivity contribution in [3.8, 4) is 0 Å². The highest BCUT2D eigenvalue weighted by molar-refractivity contribution is 5.80. The van der Waals surface area contributed by atoms with Gasteiger partial charge in [0.25, 0.3) is 0 Å². The highest BCUT2D eigenvalue weighted by Crippen LogP contribution is 2.45. The molecule has 102 valence electrons. The molecular formula is C13H22N2O3. The number of amides is 2. The fraction of sp³-hybridized carbons (Fsp3) is 0.846. The lowest BCUT2D eigenvalue weighted by Crippen LogP contribution is -2.53. The summed E-state index contributed by atoms with van der Waals surface area (Å²) in [6.45, 7) is 4.37. The van der Waals surface area contributed by atoms with Gasteiger partial charge in [0.15, 0.2) is 0 Å². The summed E-state index contributed by atoms with van der Waals surface area (Å²) in [5.41, 5.74) is -0.683. The molecular weight excluding hydrogens is 232 g/mol. The largest absolute Gasteiger partial charge is 0.481 e. The number of nitrogens with one attached hydrogen (secondary N) is 1. The molecule has 0 aromatic carbocycles. The van der Waals surface area contributed by atoms with Gasteiger partial charge in [-0.2, -0.15) is 0 Å². The van der Waals surface area contributed by atoms with Crippen LogP contribution < -0.4 is 5.32 Å². The molecule has 2 N–H and O–H groups in total. The molecule has 1 aliphatic heterocycles. The van der Waals surface area contributed by atoms with E-state index < -0.39 is 11.4 Å². The van der Waals surface area contributed by atoms with Crippen LogP contribution in [0.25, 0.3) is 0 Å². The van der Waals surface area contributed by atoms with E-state index in [1.165, 1.54) is 0 Å². The second kappa shape index (κ2) is 4.78. The van der Waals surface area contributed by atoms with Gasteiger partial charge in [-0.25, -0.2) is 4.79 Å². The Morgan fingerprint density at radius 2 is 1.83 bits per heavy atom.